The molecule has 0 spiro atoms. The molecule has 4 N–H and O–H groups in total. The van der Waals surface area contributed by atoms with Crippen LogP contribution in [0.25, 0.3) is 0 Å². The number of hydrogen-bond donors (Lipinski definition) is 2. The summed E-state index contributed by atoms with van der Waals surface area (Å²) in [6, 6.07) is 4.71. The standard InChI is InChI=1S/C10H12N4O2S2/c1-14-6-5-13-10(14)17-7-3-2-4-8(9(7)11)18(12,15)16/h2-6H,11H2,1H3,(H2,12,15,16). The number of nitrogens with two attached hydrogens (primary N) is 2. The normalized spacial score (nSPS) is 11.7. The largest absolute Gasteiger partial charge is 0.397 e. The first-order valence-corrected chi connectivity index (χ1v) is 7.32. The fraction of sp³-hybridized carbons (Fsp3) is 0.100. The van der Waals surface area contributed by atoms with Gasteiger partial charge in [-0.1, -0.05) is 6.07 Å². The van der Waals surface area contributed by atoms with Crippen LogP contribution in [0, 0.1) is 0 Å². The SMILES string of the molecule is Cn1ccnc1Sc1cccc(S(N)(=O)=O)c1N. The number of sulfonamides is 1. The summed E-state index contributed by atoms with van der Waals surface area (Å²) in [6.07, 6.45) is 3.45. The molecule has 18 heavy (non-hydrogen) atoms. The van der Waals surface area contributed by atoms with Crippen LogP contribution in [0.1, 0.15) is 0 Å². The molecular formula is C10H12N4O2S2. The Labute approximate surface area is 109 Å². The molecule has 0 saturated heterocycles. The van der Waals surface area contributed by atoms with E-state index in [2.05, 4.69) is 4.98 Å². The lowest BCUT2D eigenvalue weighted by atomic mass is 10.3. The second-order valence-corrected chi connectivity index (χ2v) is 6.17. The van der Waals surface area contributed by atoms with E-state index in [1.54, 1.807) is 24.5 Å². The molecule has 6 nitrogen and oxygen atoms in total. The number of para-hydroxylation sites is 1. The number of imidazole rings is 1. The molecule has 0 fully saturated rings. The zero-order chi connectivity index (χ0) is 13.3. The summed E-state index contributed by atoms with van der Waals surface area (Å²) in [5, 5.41) is 5.81. The predicted molar refractivity (Wildman–Crippen MR) is 69.6 cm³/mol. The number of aryl methyl sites for hydroxylation is 1. The Hall–Kier alpha value is -1.51. The van der Waals surface area contributed by atoms with Gasteiger partial charge < -0.3 is 10.3 Å². The zero-order valence-corrected chi connectivity index (χ0v) is 11.2. The second kappa shape index (κ2) is 4.63. The Morgan fingerprint density at radius 2 is 2.11 bits per heavy atom. The lowest BCUT2D eigenvalue weighted by Gasteiger charge is -2.08. The van der Waals surface area contributed by atoms with Crippen LogP contribution in [-0.4, -0.2) is 18.0 Å². The first-order valence-electron chi connectivity index (χ1n) is 4.96. The van der Waals surface area contributed by atoms with Gasteiger partial charge in [0.25, 0.3) is 0 Å². The quantitative estimate of drug-likeness (QED) is 0.811. The molecule has 1 aromatic heterocycles. The van der Waals surface area contributed by atoms with E-state index in [-0.39, 0.29) is 10.6 Å². The van der Waals surface area contributed by atoms with Crippen LogP contribution in [0.15, 0.2) is 45.5 Å². The Bertz CT molecular complexity index is 679. The topological polar surface area (TPSA) is 104 Å². The molecule has 0 atom stereocenters. The third-order valence-corrected chi connectivity index (χ3v) is 4.43. The van der Waals surface area contributed by atoms with Gasteiger partial charge in [-0.25, -0.2) is 18.5 Å². The molecular weight excluding hydrogens is 272 g/mol. The molecule has 0 radical (unpaired) electrons. The van der Waals surface area contributed by atoms with Crippen molar-refractivity contribution < 1.29 is 8.42 Å². The van der Waals surface area contributed by atoms with Crippen molar-refractivity contribution in [2.24, 2.45) is 12.2 Å². The van der Waals surface area contributed by atoms with Crippen molar-refractivity contribution in [3.05, 3.63) is 30.6 Å². The number of hydrogen-bond acceptors (Lipinski definition) is 5. The van der Waals surface area contributed by atoms with Gasteiger partial charge in [-0.3, -0.25) is 0 Å². The van der Waals surface area contributed by atoms with E-state index in [1.807, 2.05) is 11.6 Å². The monoisotopic (exact) mass is 284 g/mol. The molecule has 8 heteroatoms. The predicted octanol–water partition coefficient (Wildman–Crippen LogP) is 0.801. The van der Waals surface area contributed by atoms with Gasteiger partial charge in [-0.15, -0.1) is 0 Å². The molecule has 0 aliphatic heterocycles. The molecule has 0 aliphatic rings. The zero-order valence-electron chi connectivity index (χ0n) is 9.57. The van der Waals surface area contributed by atoms with Crippen LogP contribution >= 0.6 is 11.8 Å². The van der Waals surface area contributed by atoms with Gasteiger partial charge in [0.2, 0.25) is 10.0 Å². The average Bonchev–Trinajstić information content (AvgIpc) is 2.66. The molecule has 0 bridgehead atoms. The summed E-state index contributed by atoms with van der Waals surface area (Å²) in [7, 11) is -1.97. The smallest absolute Gasteiger partial charge is 0.240 e. The summed E-state index contributed by atoms with van der Waals surface area (Å²) >= 11 is 1.28. The summed E-state index contributed by atoms with van der Waals surface area (Å²) in [5.74, 6) is 0. The van der Waals surface area contributed by atoms with E-state index in [1.165, 1.54) is 17.8 Å². The Morgan fingerprint density at radius 3 is 2.67 bits per heavy atom. The van der Waals surface area contributed by atoms with Crippen LogP contribution in [-0.2, 0) is 17.1 Å². The Kier molecular flexibility index (Phi) is 3.33. The van der Waals surface area contributed by atoms with Crippen LogP contribution in [0.2, 0.25) is 0 Å². The number of nitrogens with zero attached hydrogens (tertiary/aromatic N) is 2. The highest BCUT2D eigenvalue weighted by molar-refractivity contribution is 7.99. The maximum absolute atomic E-state index is 11.3. The van der Waals surface area contributed by atoms with Crippen LogP contribution in [0.5, 0.6) is 0 Å². The lowest BCUT2D eigenvalue weighted by Crippen LogP contribution is -2.14. The van der Waals surface area contributed by atoms with E-state index in [0.29, 0.717) is 10.1 Å². The van der Waals surface area contributed by atoms with Gasteiger partial charge in [0.1, 0.15) is 4.90 Å². The maximum Gasteiger partial charge on any atom is 0.240 e. The Balaban J connectivity index is 2.45. The number of nitrogen functional groups attached to an aromatic ring is 1. The molecule has 1 heterocycles. The van der Waals surface area contributed by atoms with Gasteiger partial charge in [0.05, 0.1) is 5.69 Å². The Morgan fingerprint density at radius 1 is 1.39 bits per heavy atom. The molecule has 0 aliphatic carbocycles. The van der Waals surface area contributed by atoms with E-state index in [0.717, 1.165) is 0 Å². The average molecular weight is 284 g/mol. The van der Waals surface area contributed by atoms with E-state index < -0.39 is 10.0 Å². The highest BCUT2D eigenvalue weighted by Gasteiger charge is 2.16. The van der Waals surface area contributed by atoms with E-state index in [4.69, 9.17) is 10.9 Å². The summed E-state index contributed by atoms with van der Waals surface area (Å²) in [4.78, 5) is 4.67. The number of rotatable bonds is 3. The van der Waals surface area contributed by atoms with Crippen molar-refractivity contribution in [2.45, 2.75) is 14.9 Å². The fourth-order valence-electron chi connectivity index (χ4n) is 1.41. The maximum atomic E-state index is 11.3. The minimum Gasteiger partial charge on any atom is -0.397 e. The third kappa shape index (κ3) is 2.50. The highest BCUT2D eigenvalue weighted by Crippen LogP contribution is 2.33. The molecule has 2 rings (SSSR count). The van der Waals surface area contributed by atoms with Crippen LogP contribution in [0.3, 0.4) is 0 Å². The van der Waals surface area contributed by atoms with Gasteiger partial charge >= 0.3 is 0 Å². The minimum atomic E-state index is -3.81. The van der Waals surface area contributed by atoms with Gasteiger partial charge in [-0.05, 0) is 23.9 Å². The summed E-state index contributed by atoms with van der Waals surface area (Å²) in [5.41, 5.74) is 5.97. The molecule has 0 amide bonds. The second-order valence-electron chi connectivity index (χ2n) is 3.64. The van der Waals surface area contributed by atoms with Crippen molar-refractivity contribution in [3.63, 3.8) is 0 Å². The summed E-state index contributed by atoms with van der Waals surface area (Å²) in [6.45, 7) is 0. The van der Waals surface area contributed by atoms with Crippen molar-refractivity contribution >= 4 is 27.5 Å². The van der Waals surface area contributed by atoms with Crippen LogP contribution < -0.4 is 10.9 Å². The van der Waals surface area contributed by atoms with E-state index >= 15 is 0 Å². The third-order valence-electron chi connectivity index (χ3n) is 2.31. The van der Waals surface area contributed by atoms with Crippen molar-refractivity contribution in [1.29, 1.82) is 0 Å². The molecule has 0 unspecified atom stereocenters. The minimum absolute atomic E-state index is 0.0679. The highest BCUT2D eigenvalue weighted by atomic mass is 32.2. The number of benzene rings is 1. The fourth-order valence-corrected chi connectivity index (χ4v) is 3.04. The first-order chi connectivity index (χ1) is 8.39. The number of aromatic nitrogens is 2. The van der Waals surface area contributed by atoms with E-state index in [9.17, 15) is 8.42 Å². The lowest BCUT2D eigenvalue weighted by molar-refractivity contribution is 0.598. The number of primary sulfonamides is 1. The first kappa shape index (κ1) is 12.9. The van der Waals surface area contributed by atoms with Gasteiger partial charge in [0, 0.05) is 24.3 Å². The van der Waals surface area contributed by atoms with Gasteiger partial charge in [0.15, 0.2) is 5.16 Å². The van der Waals surface area contributed by atoms with Crippen molar-refractivity contribution in [3.8, 4) is 0 Å². The van der Waals surface area contributed by atoms with Crippen molar-refractivity contribution in [1.82, 2.24) is 9.55 Å². The molecule has 1 aromatic carbocycles. The van der Waals surface area contributed by atoms with Gasteiger partial charge in [-0.2, -0.15) is 0 Å². The molecule has 2 aromatic rings. The molecule has 96 valence electrons. The van der Waals surface area contributed by atoms with Crippen LogP contribution in [0.4, 0.5) is 5.69 Å². The number of anilines is 1. The molecule has 0 saturated carbocycles. The van der Waals surface area contributed by atoms with Crippen molar-refractivity contribution in [2.75, 3.05) is 5.73 Å². The summed E-state index contributed by atoms with van der Waals surface area (Å²) < 4.78 is 24.5.